The number of halogens is 3. The third-order valence-electron chi connectivity index (χ3n) is 1.03. The van der Waals surface area contributed by atoms with Crippen LogP contribution in [0.4, 0.5) is 13.2 Å². The third kappa shape index (κ3) is 1.70. The second-order valence-electron chi connectivity index (χ2n) is 1.85. The first-order valence-electron chi connectivity index (χ1n) is 2.65. The number of hydrogen-bond donors (Lipinski definition) is 1. The smallest absolute Gasteiger partial charge is 0.421 e. The van der Waals surface area contributed by atoms with Crippen LogP contribution in [0, 0.1) is 0 Å². The van der Waals surface area contributed by atoms with E-state index in [9.17, 15) is 13.2 Å². The molecule has 0 amide bonds. The topological polar surface area (TPSA) is 46.3 Å². The van der Waals surface area contributed by atoms with Gasteiger partial charge in [-0.25, -0.2) is 4.98 Å². The molecule has 0 fully saturated rings. The third-order valence-corrected chi connectivity index (χ3v) is 1.03. The van der Waals surface area contributed by atoms with Crippen molar-refractivity contribution in [1.82, 2.24) is 4.98 Å². The Bertz CT molecular complexity index is 218. The van der Waals surface area contributed by atoms with Gasteiger partial charge in [0.05, 0.1) is 6.20 Å². The van der Waals surface area contributed by atoms with Crippen LogP contribution >= 0.6 is 0 Å². The van der Waals surface area contributed by atoms with Crippen molar-refractivity contribution in [1.29, 1.82) is 0 Å². The molecular formula is C5H4F3NO2. The molecule has 0 spiro atoms. The lowest BCUT2D eigenvalue weighted by molar-refractivity contribution is -0.211. The Hall–Kier alpha value is -1.04. The van der Waals surface area contributed by atoms with Gasteiger partial charge in [0.2, 0.25) is 6.10 Å². The predicted octanol–water partition coefficient (Wildman–Crippen LogP) is 1.27. The molecule has 0 aliphatic carbocycles. The van der Waals surface area contributed by atoms with Gasteiger partial charge in [-0.1, -0.05) is 0 Å². The van der Waals surface area contributed by atoms with E-state index in [1.165, 1.54) is 0 Å². The van der Waals surface area contributed by atoms with E-state index >= 15 is 0 Å². The summed E-state index contributed by atoms with van der Waals surface area (Å²) in [5, 5.41) is 8.49. The summed E-state index contributed by atoms with van der Waals surface area (Å²) in [5.74, 6) is -0.600. The summed E-state index contributed by atoms with van der Waals surface area (Å²) in [4.78, 5) is 3.23. The van der Waals surface area contributed by atoms with Gasteiger partial charge in [0.1, 0.15) is 0 Å². The number of alkyl halides is 3. The van der Waals surface area contributed by atoms with Crippen LogP contribution in [0.15, 0.2) is 17.0 Å². The number of oxazole rings is 1. The number of rotatable bonds is 1. The highest BCUT2D eigenvalue weighted by molar-refractivity contribution is 4.96. The maximum atomic E-state index is 11.7. The first kappa shape index (κ1) is 8.06. The fourth-order valence-electron chi connectivity index (χ4n) is 0.522. The van der Waals surface area contributed by atoms with Crippen molar-refractivity contribution in [3.63, 3.8) is 0 Å². The van der Waals surface area contributed by atoms with E-state index < -0.39 is 18.0 Å². The molecule has 0 radical (unpaired) electrons. The minimum atomic E-state index is -4.69. The van der Waals surface area contributed by atoms with Gasteiger partial charge >= 0.3 is 6.18 Å². The van der Waals surface area contributed by atoms with Crippen molar-refractivity contribution < 1.29 is 22.7 Å². The summed E-state index contributed by atoms with van der Waals surface area (Å²) in [7, 11) is 0. The van der Waals surface area contributed by atoms with E-state index in [0.29, 0.717) is 0 Å². The molecule has 0 aromatic carbocycles. The summed E-state index contributed by atoms with van der Waals surface area (Å²) >= 11 is 0. The molecule has 11 heavy (non-hydrogen) atoms. The molecule has 0 saturated carbocycles. The van der Waals surface area contributed by atoms with Crippen molar-refractivity contribution >= 4 is 0 Å². The molecule has 1 aromatic heterocycles. The van der Waals surface area contributed by atoms with Crippen LogP contribution in [0.1, 0.15) is 11.9 Å². The fourth-order valence-corrected chi connectivity index (χ4v) is 0.522. The Morgan fingerprint density at radius 3 is 2.55 bits per heavy atom. The van der Waals surface area contributed by atoms with Crippen LogP contribution in [0.2, 0.25) is 0 Å². The van der Waals surface area contributed by atoms with Gasteiger partial charge in [-0.2, -0.15) is 13.2 Å². The molecular weight excluding hydrogens is 163 g/mol. The Labute approximate surface area is 59.5 Å². The maximum absolute atomic E-state index is 11.7. The Kier molecular flexibility index (Phi) is 1.86. The lowest BCUT2D eigenvalue weighted by Crippen LogP contribution is -2.19. The lowest BCUT2D eigenvalue weighted by atomic mass is 10.3. The van der Waals surface area contributed by atoms with Gasteiger partial charge in [-0.3, -0.25) is 0 Å². The number of aromatic nitrogens is 1. The SMILES string of the molecule is O[C@@H](c1cnco1)C(F)(F)F. The zero-order valence-electron chi connectivity index (χ0n) is 5.17. The highest BCUT2D eigenvalue weighted by Crippen LogP contribution is 2.31. The first-order valence-corrected chi connectivity index (χ1v) is 2.65. The average Bonchev–Trinajstić information content (AvgIpc) is 2.34. The van der Waals surface area contributed by atoms with Crippen LogP contribution in [-0.2, 0) is 0 Å². The largest absolute Gasteiger partial charge is 0.445 e. The zero-order chi connectivity index (χ0) is 8.48. The number of aliphatic hydroxyl groups excluding tert-OH is 1. The number of aliphatic hydroxyl groups is 1. The molecule has 6 heteroatoms. The minimum Gasteiger partial charge on any atom is -0.445 e. The molecule has 1 atom stereocenters. The lowest BCUT2D eigenvalue weighted by Gasteiger charge is -2.10. The number of hydrogen-bond acceptors (Lipinski definition) is 3. The monoisotopic (exact) mass is 167 g/mol. The fraction of sp³-hybridized carbons (Fsp3) is 0.400. The van der Waals surface area contributed by atoms with Gasteiger partial charge in [-0.05, 0) is 0 Å². The molecule has 1 N–H and O–H groups in total. The zero-order valence-corrected chi connectivity index (χ0v) is 5.17. The van der Waals surface area contributed by atoms with Crippen LogP contribution < -0.4 is 0 Å². The summed E-state index contributed by atoms with van der Waals surface area (Å²) in [6.45, 7) is 0. The minimum absolute atomic E-state index is 0.600. The van der Waals surface area contributed by atoms with Gasteiger partial charge in [0.15, 0.2) is 12.2 Å². The van der Waals surface area contributed by atoms with Gasteiger partial charge in [0, 0.05) is 0 Å². The predicted molar refractivity (Wildman–Crippen MR) is 27.5 cm³/mol. The van der Waals surface area contributed by atoms with E-state index in [2.05, 4.69) is 9.40 Å². The molecule has 0 bridgehead atoms. The summed E-state index contributed by atoms with van der Waals surface area (Å²) in [6.07, 6.45) is -5.63. The van der Waals surface area contributed by atoms with Gasteiger partial charge < -0.3 is 9.52 Å². The molecule has 0 aliphatic rings. The van der Waals surface area contributed by atoms with Crippen LogP contribution in [0.5, 0.6) is 0 Å². The second kappa shape index (κ2) is 2.54. The van der Waals surface area contributed by atoms with Crippen molar-refractivity contribution in [2.24, 2.45) is 0 Å². The van der Waals surface area contributed by atoms with Crippen molar-refractivity contribution in [3.05, 3.63) is 18.4 Å². The Morgan fingerprint density at radius 2 is 2.18 bits per heavy atom. The second-order valence-corrected chi connectivity index (χ2v) is 1.85. The molecule has 0 unspecified atom stereocenters. The molecule has 0 aliphatic heterocycles. The summed E-state index contributed by atoms with van der Waals surface area (Å²) in [6, 6.07) is 0. The number of nitrogens with zero attached hydrogens (tertiary/aromatic N) is 1. The Balaban J connectivity index is 2.78. The molecule has 62 valence electrons. The van der Waals surface area contributed by atoms with Crippen LogP contribution in [0.25, 0.3) is 0 Å². The maximum Gasteiger partial charge on any atom is 0.421 e. The van der Waals surface area contributed by atoms with Crippen molar-refractivity contribution in [2.45, 2.75) is 12.3 Å². The highest BCUT2D eigenvalue weighted by Gasteiger charge is 2.41. The standard InChI is InChI=1S/C5H4F3NO2/c6-5(7,8)4(10)3-1-9-2-11-3/h1-2,4,10H/t4-/m0/s1. The van der Waals surface area contributed by atoms with Gasteiger partial charge in [-0.15, -0.1) is 0 Å². The van der Waals surface area contributed by atoms with E-state index in [4.69, 9.17) is 5.11 Å². The molecule has 0 saturated heterocycles. The molecule has 3 nitrogen and oxygen atoms in total. The van der Waals surface area contributed by atoms with Crippen LogP contribution in [0.3, 0.4) is 0 Å². The van der Waals surface area contributed by atoms with Gasteiger partial charge in [0.25, 0.3) is 0 Å². The van der Waals surface area contributed by atoms with Crippen LogP contribution in [-0.4, -0.2) is 16.3 Å². The summed E-state index contributed by atoms with van der Waals surface area (Å²) in [5.41, 5.74) is 0. The first-order chi connectivity index (χ1) is 5.02. The normalized spacial score (nSPS) is 14.9. The molecule has 1 aromatic rings. The molecule has 1 heterocycles. The Morgan fingerprint density at radius 1 is 1.55 bits per heavy atom. The average molecular weight is 167 g/mol. The van der Waals surface area contributed by atoms with Crippen molar-refractivity contribution in [2.75, 3.05) is 0 Å². The van der Waals surface area contributed by atoms with Crippen molar-refractivity contribution in [3.8, 4) is 0 Å². The highest BCUT2D eigenvalue weighted by atomic mass is 19.4. The van der Waals surface area contributed by atoms with E-state index in [0.717, 1.165) is 12.6 Å². The molecule has 1 rings (SSSR count). The van der Waals surface area contributed by atoms with E-state index in [1.54, 1.807) is 0 Å². The quantitative estimate of drug-likeness (QED) is 0.685. The summed E-state index contributed by atoms with van der Waals surface area (Å²) < 4.78 is 39.3. The van der Waals surface area contributed by atoms with E-state index in [-0.39, 0.29) is 0 Å². The van der Waals surface area contributed by atoms with E-state index in [1.807, 2.05) is 0 Å².